The zero-order valence-electron chi connectivity index (χ0n) is 16.0. The van der Waals surface area contributed by atoms with E-state index in [1.165, 1.54) is 23.5 Å². The van der Waals surface area contributed by atoms with Crippen molar-refractivity contribution in [1.29, 1.82) is 0 Å². The SMILES string of the molecule is COc1ccc(CC(=O)Nc2ccc(S(=O)(=O)N3CCCC3)cc2)c(OC)c1. The summed E-state index contributed by atoms with van der Waals surface area (Å²) in [6, 6.07) is 11.5. The van der Waals surface area contributed by atoms with Crippen molar-refractivity contribution in [2.45, 2.75) is 24.2 Å². The fraction of sp³-hybridized carbons (Fsp3) is 0.350. The van der Waals surface area contributed by atoms with Crippen molar-refractivity contribution in [2.24, 2.45) is 0 Å². The van der Waals surface area contributed by atoms with E-state index in [1.807, 2.05) is 0 Å². The minimum atomic E-state index is -3.46. The quantitative estimate of drug-likeness (QED) is 0.767. The molecule has 1 N–H and O–H groups in total. The molecule has 0 atom stereocenters. The molecule has 1 amide bonds. The van der Waals surface area contributed by atoms with Crippen molar-refractivity contribution in [3.63, 3.8) is 0 Å². The number of carbonyl (C=O) groups excluding carboxylic acids is 1. The van der Waals surface area contributed by atoms with Gasteiger partial charge in [-0.05, 0) is 43.2 Å². The fourth-order valence-electron chi connectivity index (χ4n) is 3.16. The first-order valence-corrected chi connectivity index (χ1v) is 10.5. The second-order valence-corrected chi connectivity index (χ2v) is 8.48. The van der Waals surface area contributed by atoms with Crippen LogP contribution in [0.25, 0.3) is 0 Å². The lowest BCUT2D eigenvalue weighted by Crippen LogP contribution is -2.27. The third-order valence-corrected chi connectivity index (χ3v) is 6.60. The monoisotopic (exact) mass is 404 g/mol. The predicted octanol–water partition coefficient (Wildman–Crippen LogP) is 2.67. The molecule has 150 valence electrons. The Morgan fingerprint density at radius 3 is 2.32 bits per heavy atom. The van der Waals surface area contributed by atoms with Gasteiger partial charge in [-0.25, -0.2) is 8.42 Å². The number of benzene rings is 2. The summed E-state index contributed by atoms with van der Waals surface area (Å²) in [5.74, 6) is 0.996. The van der Waals surface area contributed by atoms with Gasteiger partial charge in [0.1, 0.15) is 11.5 Å². The van der Waals surface area contributed by atoms with Crippen LogP contribution >= 0.6 is 0 Å². The largest absolute Gasteiger partial charge is 0.497 e. The van der Waals surface area contributed by atoms with E-state index in [9.17, 15) is 13.2 Å². The van der Waals surface area contributed by atoms with Gasteiger partial charge < -0.3 is 14.8 Å². The molecule has 0 unspecified atom stereocenters. The van der Waals surface area contributed by atoms with Crippen LogP contribution in [0.15, 0.2) is 47.4 Å². The summed E-state index contributed by atoms with van der Waals surface area (Å²) in [6.45, 7) is 1.12. The van der Waals surface area contributed by atoms with Crippen molar-refractivity contribution >= 4 is 21.6 Å². The average molecular weight is 404 g/mol. The second kappa shape index (κ2) is 8.62. The molecule has 0 saturated carbocycles. The molecule has 2 aromatic rings. The summed E-state index contributed by atoms with van der Waals surface area (Å²) in [5, 5.41) is 2.78. The van der Waals surface area contributed by atoms with Gasteiger partial charge in [-0.2, -0.15) is 4.31 Å². The first kappa shape index (κ1) is 20.2. The first-order chi connectivity index (χ1) is 13.4. The molecule has 2 aromatic carbocycles. The molecular formula is C20H24N2O5S. The van der Waals surface area contributed by atoms with Crippen LogP contribution in [0.3, 0.4) is 0 Å². The molecule has 0 bridgehead atoms. The minimum absolute atomic E-state index is 0.126. The highest BCUT2D eigenvalue weighted by molar-refractivity contribution is 7.89. The molecule has 8 heteroatoms. The Kier molecular flexibility index (Phi) is 6.21. The summed E-state index contributed by atoms with van der Waals surface area (Å²) >= 11 is 0. The van der Waals surface area contributed by atoms with E-state index < -0.39 is 10.0 Å². The Morgan fingerprint density at radius 2 is 1.71 bits per heavy atom. The van der Waals surface area contributed by atoms with Crippen LogP contribution in [-0.2, 0) is 21.2 Å². The lowest BCUT2D eigenvalue weighted by molar-refractivity contribution is -0.115. The lowest BCUT2D eigenvalue weighted by Gasteiger charge is -2.15. The number of rotatable bonds is 7. The smallest absolute Gasteiger partial charge is 0.243 e. The Bertz CT molecular complexity index is 936. The van der Waals surface area contributed by atoms with Crippen molar-refractivity contribution in [3.05, 3.63) is 48.0 Å². The van der Waals surface area contributed by atoms with E-state index >= 15 is 0 Å². The number of hydrogen-bond acceptors (Lipinski definition) is 5. The van der Waals surface area contributed by atoms with E-state index in [4.69, 9.17) is 9.47 Å². The van der Waals surface area contributed by atoms with Crippen molar-refractivity contribution < 1.29 is 22.7 Å². The lowest BCUT2D eigenvalue weighted by atomic mass is 10.1. The van der Waals surface area contributed by atoms with Gasteiger partial charge in [0, 0.05) is 30.4 Å². The molecule has 3 rings (SSSR count). The van der Waals surface area contributed by atoms with Crippen LogP contribution in [0.2, 0.25) is 0 Å². The molecule has 7 nitrogen and oxygen atoms in total. The number of nitrogens with zero attached hydrogens (tertiary/aromatic N) is 1. The van der Waals surface area contributed by atoms with Gasteiger partial charge in [0.2, 0.25) is 15.9 Å². The zero-order chi connectivity index (χ0) is 20.1. The number of ether oxygens (including phenoxy) is 2. The Hall–Kier alpha value is -2.58. The molecule has 28 heavy (non-hydrogen) atoms. The van der Waals surface area contributed by atoms with Crippen LogP contribution in [0, 0.1) is 0 Å². The summed E-state index contributed by atoms with van der Waals surface area (Å²) in [4.78, 5) is 12.6. The maximum absolute atomic E-state index is 12.5. The minimum Gasteiger partial charge on any atom is -0.497 e. The molecular weight excluding hydrogens is 380 g/mol. The number of methoxy groups -OCH3 is 2. The third-order valence-electron chi connectivity index (χ3n) is 4.69. The molecule has 1 fully saturated rings. The number of carbonyl (C=O) groups is 1. The van der Waals surface area contributed by atoms with Crippen LogP contribution in [-0.4, -0.2) is 45.9 Å². The second-order valence-electron chi connectivity index (χ2n) is 6.54. The highest BCUT2D eigenvalue weighted by Gasteiger charge is 2.26. The normalized spacial score (nSPS) is 14.6. The standard InChI is InChI=1S/C20H24N2O5S/c1-26-17-8-5-15(19(14-17)27-2)13-20(23)21-16-6-9-18(10-7-16)28(24,25)22-11-3-4-12-22/h5-10,14H,3-4,11-13H2,1-2H3,(H,21,23). The highest BCUT2D eigenvalue weighted by Crippen LogP contribution is 2.26. The van der Waals surface area contributed by atoms with Crippen LogP contribution < -0.4 is 14.8 Å². The maximum atomic E-state index is 12.5. The summed E-state index contributed by atoms with van der Waals surface area (Å²) < 4.78 is 37.1. The molecule has 1 saturated heterocycles. The van der Waals surface area contributed by atoms with Gasteiger partial charge in [-0.15, -0.1) is 0 Å². The number of sulfonamides is 1. The van der Waals surface area contributed by atoms with E-state index in [0.29, 0.717) is 30.3 Å². The predicted molar refractivity (Wildman–Crippen MR) is 106 cm³/mol. The Morgan fingerprint density at radius 1 is 1.04 bits per heavy atom. The molecule has 1 aliphatic heterocycles. The Balaban J connectivity index is 1.66. The van der Waals surface area contributed by atoms with E-state index in [0.717, 1.165) is 18.4 Å². The van der Waals surface area contributed by atoms with E-state index in [-0.39, 0.29) is 17.2 Å². The number of anilines is 1. The molecule has 0 aromatic heterocycles. The molecule has 1 aliphatic rings. The fourth-order valence-corrected chi connectivity index (χ4v) is 4.68. The van der Waals surface area contributed by atoms with Gasteiger partial charge >= 0.3 is 0 Å². The summed E-state index contributed by atoms with van der Waals surface area (Å²) in [6.07, 6.45) is 1.91. The van der Waals surface area contributed by atoms with Gasteiger partial charge in [-0.3, -0.25) is 4.79 Å². The summed E-state index contributed by atoms with van der Waals surface area (Å²) in [5.41, 5.74) is 1.27. The number of nitrogens with one attached hydrogen (secondary N) is 1. The molecule has 0 radical (unpaired) electrons. The van der Waals surface area contributed by atoms with E-state index in [2.05, 4.69) is 5.32 Å². The van der Waals surface area contributed by atoms with Gasteiger partial charge in [0.15, 0.2) is 0 Å². The first-order valence-electron chi connectivity index (χ1n) is 9.05. The van der Waals surface area contributed by atoms with Crippen molar-refractivity contribution in [2.75, 3.05) is 32.6 Å². The number of hydrogen-bond donors (Lipinski definition) is 1. The average Bonchev–Trinajstić information content (AvgIpc) is 3.24. The van der Waals surface area contributed by atoms with Crippen LogP contribution in [0.5, 0.6) is 11.5 Å². The van der Waals surface area contributed by atoms with Crippen LogP contribution in [0.4, 0.5) is 5.69 Å². The maximum Gasteiger partial charge on any atom is 0.243 e. The Labute approximate surface area is 165 Å². The number of amides is 1. The molecule has 0 spiro atoms. The van der Waals surface area contributed by atoms with Crippen molar-refractivity contribution in [1.82, 2.24) is 4.31 Å². The van der Waals surface area contributed by atoms with Crippen molar-refractivity contribution in [3.8, 4) is 11.5 Å². The highest BCUT2D eigenvalue weighted by atomic mass is 32.2. The topological polar surface area (TPSA) is 84.9 Å². The molecule has 0 aliphatic carbocycles. The van der Waals surface area contributed by atoms with E-state index in [1.54, 1.807) is 37.4 Å². The van der Waals surface area contributed by atoms with Gasteiger partial charge in [0.05, 0.1) is 25.5 Å². The van der Waals surface area contributed by atoms with Gasteiger partial charge in [-0.1, -0.05) is 6.07 Å². The van der Waals surface area contributed by atoms with Gasteiger partial charge in [0.25, 0.3) is 0 Å². The molecule has 1 heterocycles. The summed E-state index contributed by atoms with van der Waals surface area (Å²) in [7, 11) is -0.354. The van der Waals surface area contributed by atoms with Crippen LogP contribution in [0.1, 0.15) is 18.4 Å². The zero-order valence-corrected chi connectivity index (χ0v) is 16.8. The third kappa shape index (κ3) is 4.45.